The van der Waals surface area contributed by atoms with E-state index in [1.807, 2.05) is 13.0 Å². The van der Waals surface area contributed by atoms with Crippen molar-refractivity contribution in [2.24, 2.45) is 5.41 Å². The second-order valence-electron chi connectivity index (χ2n) is 13.8. The van der Waals surface area contributed by atoms with E-state index in [2.05, 4.69) is 15.5 Å². The molecule has 0 radical (unpaired) electrons. The molecule has 1 unspecified atom stereocenters. The molecular formula is C34H38Cl2FN3O4. The van der Waals surface area contributed by atoms with Gasteiger partial charge in [0.15, 0.2) is 0 Å². The highest BCUT2D eigenvalue weighted by molar-refractivity contribution is 6.31. The predicted molar refractivity (Wildman–Crippen MR) is 167 cm³/mol. The van der Waals surface area contributed by atoms with Crippen LogP contribution in [0.3, 0.4) is 0 Å². The molecule has 5 fully saturated rings. The molecule has 8 rings (SSSR count). The molecule has 2 aromatic rings. The molecule has 2 amide bonds. The Kier molecular flexibility index (Phi) is 7.11. The average Bonchev–Trinajstić information content (AvgIpc) is 3.44. The number of likely N-dealkylation sites (N-methyl/N-ethyl adjacent to an activating group) is 1. The Morgan fingerprint density at radius 3 is 2.34 bits per heavy atom. The lowest BCUT2D eigenvalue weighted by atomic mass is 9.55. The van der Waals surface area contributed by atoms with Crippen molar-refractivity contribution in [1.29, 1.82) is 0 Å². The Bertz CT molecular complexity index is 1530. The summed E-state index contributed by atoms with van der Waals surface area (Å²) in [7, 11) is 0. The number of carboxylic acids is 1. The van der Waals surface area contributed by atoms with Crippen molar-refractivity contribution in [1.82, 2.24) is 10.2 Å². The first kappa shape index (κ1) is 30.0. The summed E-state index contributed by atoms with van der Waals surface area (Å²) in [5, 5.41) is 16.9. The molecule has 44 heavy (non-hydrogen) atoms. The summed E-state index contributed by atoms with van der Waals surface area (Å²) in [5.41, 5.74) is -1.67. The van der Waals surface area contributed by atoms with Gasteiger partial charge in [0.05, 0.1) is 16.5 Å². The first-order valence-electron chi connectivity index (χ1n) is 15.9. The standard InChI is InChI=1S/C34H38Cl2FN3O4/c1-2-40-27(28(41)39-32-16-13-31(14-17-32,15-18-32)30(43)44)25(21-7-6-8-23(36)26(21)37)34(33(40)11-4-3-5-12-33)22-10-9-20(35)19-24(22)38-29(34)42/h6-10,19,25,27H,2-5,11-18H2,1H3,(H,38,42)(H,39,41)(H,43,44)/t25-,27?,31?,32?,34+/m0/s1. The van der Waals surface area contributed by atoms with Gasteiger partial charge >= 0.3 is 5.97 Å². The summed E-state index contributed by atoms with van der Waals surface area (Å²) in [6.45, 7) is 2.50. The highest BCUT2D eigenvalue weighted by Gasteiger charge is 2.75. The number of anilines is 1. The molecule has 234 valence electrons. The average molecular weight is 643 g/mol. The van der Waals surface area contributed by atoms with Gasteiger partial charge in [-0.05, 0) is 87.2 Å². The fourth-order valence-corrected chi connectivity index (χ4v) is 10.4. The zero-order chi connectivity index (χ0) is 31.1. The first-order valence-corrected chi connectivity index (χ1v) is 16.7. The van der Waals surface area contributed by atoms with Crippen LogP contribution >= 0.6 is 23.2 Å². The number of halogens is 3. The number of hydrogen-bond acceptors (Lipinski definition) is 4. The van der Waals surface area contributed by atoms with E-state index in [-0.39, 0.29) is 22.4 Å². The number of fused-ring (bicyclic) bond motifs is 6. The summed E-state index contributed by atoms with van der Waals surface area (Å²) in [4.78, 5) is 43.9. The molecule has 2 aromatic carbocycles. The van der Waals surface area contributed by atoms with Crippen molar-refractivity contribution < 1.29 is 23.9 Å². The van der Waals surface area contributed by atoms with E-state index >= 15 is 4.39 Å². The normalized spacial score (nSPS) is 33.9. The molecule has 0 aromatic heterocycles. The molecule has 2 bridgehead atoms. The van der Waals surface area contributed by atoms with Gasteiger partial charge in [0, 0.05) is 27.7 Å². The molecule has 4 saturated carbocycles. The molecule has 2 spiro atoms. The van der Waals surface area contributed by atoms with Crippen LogP contribution in [0, 0.1) is 11.2 Å². The molecule has 3 atom stereocenters. The zero-order valence-corrected chi connectivity index (χ0v) is 26.4. The Morgan fingerprint density at radius 1 is 1.02 bits per heavy atom. The fourth-order valence-electron chi connectivity index (χ4n) is 10.1. The number of carboxylic acid groups (broad SMARTS) is 1. The van der Waals surface area contributed by atoms with E-state index in [0.29, 0.717) is 68.6 Å². The number of nitrogens with one attached hydrogen (secondary N) is 2. The second kappa shape index (κ2) is 10.4. The number of benzene rings is 2. The minimum absolute atomic E-state index is 0.0534. The Labute approximate surface area is 266 Å². The van der Waals surface area contributed by atoms with Gasteiger partial charge in [0.25, 0.3) is 0 Å². The molecule has 4 aliphatic carbocycles. The van der Waals surface area contributed by atoms with E-state index in [1.54, 1.807) is 24.3 Å². The minimum Gasteiger partial charge on any atom is -0.481 e. The summed E-state index contributed by atoms with van der Waals surface area (Å²) < 4.78 is 16.3. The maximum Gasteiger partial charge on any atom is 0.309 e. The number of rotatable bonds is 5. The lowest BCUT2D eigenvalue weighted by Gasteiger charge is -2.52. The zero-order valence-electron chi connectivity index (χ0n) is 24.9. The van der Waals surface area contributed by atoms with Crippen molar-refractivity contribution in [3.8, 4) is 0 Å². The van der Waals surface area contributed by atoms with Crippen LogP contribution in [-0.2, 0) is 19.8 Å². The molecule has 2 heterocycles. The Hall–Kier alpha value is -2.68. The smallest absolute Gasteiger partial charge is 0.309 e. The lowest BCUT2D eigenvalue weighted by molar-refractivity contribution is -0.157. The van der Waals surface area contributed by atoms with E-state index < -0.39 is 45.7 Å². The molecule has 1 saturated heterocycles. The van der Waals surface area contributed by atoms with Crippen LogP contribution in [0.1, 0.15) is 94.6 Å². The molecule has 2 aliphatic heterocycles. The summed E-state index contributed by atoms with van der Waals surface area (Å²) >= 11 is 12.8. The van der Waals surface area contributed by atoms with Gasteiger partial charge < -0.3 is 15.7 Å². The maximum absolute atomic E-state index is 16.3. The van der Waals surface area contributed by atoms with Crippen molar-refractivity contribution in [2.45, 2.75) is 106 Å². The van der Waals surface area contributed by atoms with Crippen molar-refractivity contribution in [3.63, 3.8) is 0 Å². The van der Waals surface area contributed by atoms with Gasteiger partial charge in [0.1, 0.15) is 11.2 Å². The van der Waals surface area contributed by atoms with Crippen LogP contribution in [0.25, 0.3) is 0 Å². The highest BCUT2D eigenvalue weighted by atomic mass is 35.5. The number of carbonyl (C=O) groups is 3. The van der Waals surface area contributed by atoms with Gasteiger partial charge in [-0.1, -0.05) is 67.6 Å². The number of aliphatic carboxylic acids is 1. The molecule has 3 N–H and O–H groups in total. The lowest BCUT2D eigenvalue weighted by Crippen LogP contribution is -2.63. The van der Waals surface area contributed by atoms with E-state index in [9.17, 15) is 19.5 Å². The summed E-state index contributed by atoms with van der Waals surface area (Å²) in [6, 6.07) is 9.38. The summed E-state index contributed by atoms with van der Waals surface area (Å²) in [6.07, 6.45) is 7.45. The topological polar surface area (TPSA) is 98.7 Å². The van der Waals surface area contributed by atoms with Crippen LogP contribution in [0.5, 0.6) is 0 Å². The van der Waals surface area contributed by atoms with E-state index in [0.717, 1.165) is 24.8 Å². The third-order valence-electron chi connectivity index (χ3n) is 12.1. The van der Waals surface area contributed by atoms with Gasteiger partial charge in [0.2, 0.25) is 11.8 Å². The quantitative estimate of drug-likeness (QED) is 0.333. The van der Waals surface area contributed by atoms with Crippen LogP contribution < -0.4 is 10.6 Å². The van der Waals surface area contributed by atoms with E-state index in [4.69, 9.17) is 23.2 Å². The second-order valence-corrected chi connectivity index (χ2v) is 14.6. The molecular weight excluding hydrogens is 604 g/mol. The van der Waals surface area contributed by atoms with Gasteiger partial charge in [-0.15, -0.1) is 0 Å². The van der Waals surface area contributed by atoms with Crippen LogP contribution in [0.4, 0.5) is 10.1 Å². The van der Waals surface area contributed by atoms with Gasteiger partial charge in [-0.3, -0.25) is 19.3 Å². The van der Waals surface area contributed by atoms with Crippen molar-refractivity contribution in [2.75, 3.05) is 11.9 Å². The summed E-state index contributed by atoms with van der Waals surface area (Å²) in [5.74, 6) is -2.72. The van der Waals surface area contributed by atoms with Gasteiger partial charge in [-0.2, -0.15) is 0 Å². The number of amides is 2. The predicted octanol–water partition coefficient (Wildman–Crippen LogP) is 6.81. The number of likely N-dealkylation sites (tertiary alicyclic amines) is 1. The van der Waals surface area contributed by atoms with E-state index in [1.165, 1.54) is 6.07 Å². The van der Waals surface area contributed by atoms with Crippen LogP contribution in [0.2, 0.25) is 10.0 Å². The minimum atomic E-state index is -1.27. The first-order chi connectivity index (χ1) is 21.0. The fraction of sp³-hybridized carbons (Fsp3) is 0.559. The van der Waals surface area contributed by atoms with Crippen molar-refractivity contribution >= 4 is 46.7 Å². The van der Waals surface area contributed by atoms with Gasteiger partial charge in [-0.25, -0.2) is 4.39 Å². The number of carbonyl (C=O) groups excluding carboxylic acids is 2. The Morgan fingerprint density at radius 2 is 1.70 bits per heavy atom. The Balaban J connectivity index is 1.42. The number of nitrogens with zero attached hydrogens (tertiary/aromatic N) is 1. The van der Waals surface area contributed by atoms with Crippen LogP contribution in [0.15, 0.2) is 36.4 Å². The maximum atomic E-state index is 16.3. The molecule has 7 nitrogen and oxygen atoms in total. The third-order valence-corrected chi connectivity index (χ3v) is 12.6. The van der Waals surface area contributed by atoms with Crippen molar-refractivity contribution in [3.05, 3.63) is 63.4 Å². The third kappa shape index (κ3) is 3.92. The highest BCUT2D eigenvalue weighted by Crippen LogP contribution is 2.66. The number of hydrogen-bond donors (Lipinski definition) is 3. The van der Waals surface area contributed by atoms with Crippen LogP contribution in [-0.4, -0.2) is 51.5 Å². The molecule has 6 aliphatic rings. The molecule has 10 heteroatoms. The SMILES string of the molecule is CCN1C(C(=O)NC23CCC(C(=O)O)(CC2)CC3)[C@H](c2cccc(Cl)c2F)[C@]2(C(=O)Nc3cc(Cl)ccc32)C12CCCCC2. The monoisotopic (exact) mass is 641 g/mol. The largest absolute Gasteiger partial charge is 0.481 e.